The highest BCUT2D eigenvalue weighted by Gasteiger charge is 2.67. The van der Waals surface area contributed by atoms with Crippen LogP contribution in [0.4, 0.5) is 40.9 Å². The first kappa shape index (κ1) is 44.1. The van der Waals surface area contributed by atoms with Gasteiger partial charge in [-0.15, -0.1) is 0 Å². The summed E-state index contributed by atoms with van der Waals surface area (Å²) in [5.74, 6) is -9.67. The second-order valence-electron chi connectivity index (χ2n) is 15.8. The molecule has 0 saturated heterocycles. The highest BCUT2D eigenvalue weighted by Crippen LogP contribution is 2.68. The number of hydrogen-bond donors (Lipinski definition) is 2. The second-order valence-corrected chi connectivity index (χ2v) is 18.2. The Balaban J connectivity index is 1.24. The molecule has 9 rings (SSSR count). The first-order valence-electron chi connectivity index (χ1n) is 20.1. The van der Waals surface area contributed by atoms with Crippen molar-refractivity contribution in [1.29, 1.82) is 0 Å². The molecule has 65 heavy (non-hydrogen) atoms. The molecular weight excluding hydrogens is 918 g/mol. The van der Waals surface area contributed by atoms with Gasteiger partial charge in [-0.2, -0.15) is 19.0 Å². The smallest absolute Gasteiger partial charge is 0.293 e. The Morgan fingerprint density at radius 2 is 1.75 bits per heavy atom. The average Bonchev–Trinajstić information content (AvgIpc) is 4.15. The van der Waals surface area contributed by atoms with E-state index in [1.807, 2.05) is 0 Å². The van der Waals surface area contributed by atoms with E-state index in [1.54, 1.807) is 6.92 Å². The number of carbonyl (C=O) groups excluding carboxylic acids is 1. The predicted molar refractivity (Wildman–Crippen MR) is 217 cm³/mol. The zero-order valence-corrected chi connectivity index (χ0v) is 35.2. The normalized spacial score (nSPS) is 18.0. The lowest BCUT2D eigenvalue weighted by molar-refractivity contribution is -0.123. The van der Waals surface area contributed by atoms with E-state index in [4.69, 9.17) is 21.3 Å². The number of aromatic nitrogens is 7. The van der Waals surface area contributed by atoms with E-state index in [0.717, 1.165) is 27.4 Å². The van der Waals surface area contributed by atoms with Crippen LogP contribution >= 0.6 is 11.6 Å². The number of alkyl halides is 6. The van der Waals surface area contributed by atoms with Crippen molar-refractivity contribution < 1.29 is 53.1 Å². The summed E-state index contributed by atoms with van der Waals surface area (Å²) < 4.78 is 154. The Labute approximate surface area is 367 Å². The molecule has 0 aliphatic heterocycles. The molecule has 4 heterocycles. The van der Waals surface area contributed by atoms with Gasteiger partial charge in [0.2, 0.25) is 21.8 Å². The standard InChI is InChI=1S/C41H34ClF8N9O5S/c1-2-64-31-8-3-19(15-51-31)26-14-32(61)59(28-7-6-25(42)34-36(28)57(16-29(45)46)55-39(34)56-65(62,63)22-4-5-22)40(53-26)27(11-18-9-20(43)12-21(44)10-18)52-30(60)17-58-37-33(35(54-58)38(47)48)23-13-24(23)41(37,49)50/h3,6-10,12,14-15,22-24,27,29,38H,2,4-5,11,13,16-17H2,1H3,(H,52,60)(H,55,56)/t23-,24+,27-/m0/s1. The number of rotatable bonds is 16. The number of fused-ring (bicyclic) bond motifs is 4. The van der Waals surface area contributed by atoms with Crippen LogP contribution in [0.1, 0.15) is 72.9 Å². The molecular formula is C41H34ClF8N9O5S. The van der Waals surface area contributed by atoms with E-state index in [0.29, 0.717) is 23.6 Å². The fourth-order valence-electron chi connectivity index (χ4n) is 8.39. The van der Waals surface area contributed by atoms with Crippen molar-refractivity contribution in [2.45, 2.75) is 81.7 Å². The number of pyridine rings is 1. The largest absolute Gasteiger partial charge is 0.478 e. The first-order chi connectivity index (χ1) is 30.8. The fraction of sp³-hybridized carbons (Fsp3) is 0.366. The number of halogens is 9. The summed E-state index contributed by atoms with van der Waals surface area (Å²) in [5, 5.41) is 9.23. The lowest BCUT2D eigenvalue weighted by Crippen LogP contribution is -2.38. The van der Waals surface area contributed by atoms with Gasteiger partial charge in [-0.05, 0) is 68.0 Å². The third-order valence-electron chi connectivity index (χ3n) is 11.3. The van der Waals surface area contributed by atoms with Gasteiger partial charge in [0.1, 0.15) is 41.9 Å². The number of benzene rings is 2. The van der Waals surface area contributed by atoms with Crippen LogP contribution in [-0.2, 0) is 40.3 Å². The van der Waals surface area contributed by atoms with E-state index in [-0.39, 0.29) is 62.9 Å². The minimum Gasteiger partial charge on any atom is -0.478 e. The Hall–Kier alpha value is -6.10. The molecule has 0 radical (unpaired) electrons. The van der Waals surface area contributed by atoms with Crippen molar-refractivity contribution in [3.8, 4) is 22.8 Å². The predicted octanol–water partition coefficient (Wildman–Crippen LogP) is 7.59. The van der Waals surface area contributed by atoms with Gasteiger partial charge >= 0.3 is 0 Å². The van der Waals surface area contributed by atoms with Gasteiger partial charge in [-0.25, -0.2) is 44.7 Å². The van der Waals surface area contributed by atoms with Crippen molar-refractivity contribution in [3.05, 3.63) is 110 Å². The van der Waals surface area contributed by atoms with Crippen LogP contribution in [0.2, 0.25) is 5.02 Å². The van der Waals surface area contributed by atoms with Gasteiger partial charge in [-0.3, -0.25) is 28.2 Å². The molecule has 14 nitrogen and oxygen atoms in total. The van der Waals surface area contributed by atoms with Crippen LogP contribution in [0.15, 0.2) is 59.5 Å². The SMILES string of the molecule is CCOc1ccc(-c2cc(=O)n(-c3ccc(Cl)c4c(NS(=O)(=O)C5CC5)nn(CC(F)F)c34)c([C@H](Cc3cc(F)cc(F)c3)NC(=O)Cn3nc(C(F)F)c4c3C(F)(F)[C@@H]3C[C@H]43)n2)cn1. The summed E-state index contributed by atoms with van der Waals surface area (Å²) in [6.45, 7) is -0.231. The van der Waals surface area contributed by atoms with Gasteiger partial charge < -0.3 is 10.1 Å². The number of sulfonamides is 1. The third kappa shape index (κ3) is 8.27. The van der Waals surface area contributed by atoms with Gasteiger partial charge in [-0.1, -0.05) is 11.6 Å². The molecule has 2 saturated carbocycles. The van der Waals surface area contributed by atoms with E-state index in [2.05, 4.69) is 25.2 Å². The lowest BCUT2D eigenvalue weighted by atomic mass is 10.0. The van der Waals surface area contributed by atoms with Crippen LogP contribution in [0.5, 0.6) is 5.88 Å². The van der Waals surface area contributed by atoms with Gasteiger partial charge in [0.15, 0.2) is 5.82 Å². The Morgan fingerprint density at radius 3 is 2.40 bits per heavy atom. The maximum atomic E-state index is 15.5. The monoisotopic (exact) mass is 951 g/mol. The summed E-state index contributed by atoms with van der Waals surface area (Å²) >= 11 is 6.62. The maximum Gasteiger partial charge on any atom is 0.293 e. The lowest BCUT2D eigenvalue weighted by Gasteiger charge is -2.24. The molecule has 342 valence electrons. The molecule has 6 aromatic rings. The van der Waals surface area contributed by atoms with E-state index in [1.165, 1.54) is 30.5 Å². The van der Waals surface area contributed by atoms with Crippen LogP contribution in [0, 0.1) is 17.6 Å². The van der Waals surface area contributed by atoms with Gasteiger partial charge in [0, 0.05) is 47.9 Å². The molecule has 4 aromatic heterocycles. The molecule has 2 aromatic carbocycles. The quantitative estimate of drug-likeness (QED) is 0.0930. The number of ether oxygens (including phenoxy) is 1. The number of anilines is 1. The van der Waals surface area contributed by atoms with Crippen LogP contribution in [0.3, 0.4) is 0 Å². The van der Waals surface area contributed by atoms with Crippen molar-refractivity contribution in [2.75, 3.05) is 11.3 Å². The molecule has 3 aliphatic carbocycles. The van der Waals surface area contributed by atoms with Gasteiger partial charge in [0.25, 0.3) is 24.3 Å². The summed E-state index contributed by atoms with van der Waals surface area (Å²) in [5.41, 5.74) is -3.66. The second kappa shape index (κ2) is 16.4. The van der Waals surface area contributed by atoms with E-state index >= 15 is 8.78 Å². The molecule has 2 N–H and O–H groups in total. The molecule has 3 aliphatic rings. The number of nitrogens with zero attached hydrogens (tertiary/aromatic N) is 7. The minimum atomic E-state index is -4.08. The van der Waals surface area contributed by atoms with Crippen LogP contribution < -0.4 is 20.3 Å². The number of nitrogens with one attached hydrogen (secondary N) is 2. The first-order valence-corrected chi connectivity index (χ1v) is 22.0. The zero-order chi connectivity index (χ0) is 46.3. The Bertz CT molecular complexity index is 3030. The Kier molecular flexibility index (Phi) is 11.1. The summed E-state index contributed by atoms with van der Waals surface area (Å²) in [4.78, 5) is 37.8. The van der Waals surface area contributed by atoms with Crippen molar-refractivity contribution in [3.63, 3.8) is 0 Å². The molecule has 0 bridgehead atoms. The average molecular weight is 952 g/mol. The minimum absolute atomic E-state index is 0.0463. The molecule has 0 unspecified atom stereocenters. The molecule has 24 heteroatoms. The number of carbonyl (C=O) groups is 1. The Morgan fingerprint density at radius 1 is 1.02 bits per heavy atom. The van der Waals surface area contributed by atoms with Crippen molar-refractivity contribution in [1.82, 2.24) is 39.4 Å². The van der Waals surface area contributed by atoms with E-state index in [9.17, 15) is 44.3 Å². The number of hydrogen-bond acceptors (Lipinski definition) is 9. The van der Waals surface area contributed by atoms with E-state index < -0.39 is 118 Å². The molecule has 0 spiro atoms. The molecule has 1 amide bonds. The summed E-state index contributed by atoms with van der Waals surface area (Å²) in [6, 6.07) is 7.12. The van der Waals surface area contributed by atoms with Gasteiger partial charge in [0.05, 0.1) is 45.2 Å². The number of amides is 1. The van der Waals surface area contributed by atoms with Crippen molar-refractivity contribution >= 4 is 44.3 Å². The summed E-state index contributed by atoms with van der Waals surface area (Å²) in [6.07, 6.45) is -5.02. The highest BCUT2D eigenvalue weighted by molar-refractivity contribution is 7.93. The van der Waals surface area contributed by atoms with Crippen LogP contribution in [0.25, 0.3) is 27.8 Å². The van der Waals surface area contributed by atoms with Crippen LogP contribution in [-0.4, -0.2) is 66.7 Å². The fourth-order valence-corrected chi connectivity index (χ4v) is 9.97. The highest BCUT2D eigenvalue weighted by atomic mass is 35.5. The summed E-state index contributed by atoms with van der Waals surface area (Å²) in [7, 11) is -4.08. The van der Waals surface area contributed by atoms with Crippen molar-refractivity contribution in [2.24, 2.45) is 5.92 Å². The zero-order valence-electron chi connectivity index (χ0n) is 33.6. The topological polar surface area (TPSA) is 168 Å². The maximum absolute atomic E-state index is 15.5. The molecule has 3 atom stereocenters. The molecule has 2 fully saturated rings. The third-order valence-corrected chi connectivity index (χ3v) is 13.5.